The van der Waals surface area contributed by atoms with Crippen LogP contribution < -0.4 is 5.32 Å². The molecule has 0 aliphatic heterocycles. The van der Waals surface area contributed by atoms with Gasteiger partial charge in [-0.2, -0.15) is 0 Å². The largest absolute Gasteiger partial charge is 0.465 e. The molecule has 0 heterocycles. The molecule has 0 spiro atoms. The molecule has 0 saturated heterocycles. The number of hydrogen-bond acceptors (Lipinski definition) is 1. The number of carboxylic acid groups (broad SMARTS) is 1. The summed E-state index contributed by atoms with van der Waals surface area (Å²) in [6.07, 6.45) is 3.08. The predicted octanol–water partition coefficient (Wildman–Crippen LogP) is 1.84. The Balaban J connectivity index is 2.40. The molecule has 0 aromatic carbocycles. The Morgan fingerprint density at radius 1 is 1.54 bits per heavy atom. The van der Waals surface area contributed by atoms with E-state index in [1.165, 1.54) is 0 Å². The normalized spacial score (nSPS) is 27.2. The van der Waals surface area contributed by atoms with Gasteiger partial charge in [0.1, 0.15) is 0 Å². The van der Waals surface area contributed by atoms with Crippen molar-refractivity contribution < 1.29 is 9.90 Å². The van der Waals surface area contributed by atoms with Crippen molar-refractivity contribution >= 4 is 6.09 Å². The summed E-state index contributed by atoms with van der Waals surface area (Å²) in [6.45, 7) is 1.83. The first-order chi connectivity index (χ1) is 6.22. The van der Waals surface area contributed by atoms with E-state index in [4.69, 9.17) is 5.11 Å². The van der Waals surface area contributed by atoms with Crippen LogP contribution in [-0.4, -0.2) is 17.2 Å². The lowest BCUT2D eigenvalue weighted by Gasteiger charge is -2.25. The van der Waals surface area contributed by atoms with E-state index in [0.717, 1.165) is 25.7 Å². The lowest BCUT2D eigenvalue weighted by molar-refractivity contribution is 0.184. The van der Waals surface area contributed by atoms with E-state index in [1.807, 2.05) is 6.92 Å². The van der Waals surface area contributed by atoms with Crippen molar-refractivity contribution in [1.82, 2.24) is 5.32 Å². The summed E-state index contributed by atoms with van der Waals surface area (Å²) in [5, 5.41) is 11.1. The average molecular weight is 181 g/mol. The van der Waals surface area contributed by atoms with Crippen LogP contribution in [0.4, 0.5) is 4.79 Å². The maximum Gasteiger partial charge on any atom is 0.404 e. The summed E-state index contributed by atoms with van der Waals surface area (Å²) in [6, 6.07) is 0.108. The molecule has 2 N–H and O–H groups in total. The maximum absolute atomic E-state index is 10.4. The highest BCUT2D eigenvalue weighted by Gasteiger charge is 2.21. The van der Waals surface area contributed by atoms with Gasteiger partial charge in [0.15, 0.2) is 0 Å². The van der Waals surface area contributed by atoms with E-state index in [0.29, 0.717) is 5.92 Å². The van der Waals surface area contributed by atoms with Crippen LogP contribution in [0.2, 0.25) is 0 Å². The highest BCUT2D eigenvalue weighted by Crippen LogP contribution is 2.23. The standard InChI is InChI=1S/C10H15NO2/c1-2-4-8-5-3-6-9(7-8)11-10(12)13/h8-9,11H,3,5-7H2,1H3,(H,12,13). The third-order valence-corrected chi connectivity index (χ3v) is 2.35. The van der Waals surface area contributed by atoms with Crippen molar-refractivity contribution in [3.8, 4) is 11.8 Å². The summed E-state index contributed by atoms with van der Waals surface area (Å²) in [4.78, 5) is 10.4. The summed E-state index contributed by atoms with van der Waals surface area (Å²) in [7, 11) is 0. The minimum absolute atomic E-state index is 0.108. The number of carbonyl (C=O) groups is 1. The highest BCUT2D eigenvalue weighted by molar-refractivity contribution is 5.64. The molecule has 0 radical (unpaired) electrons. The first-order valence-electron chi connectivity index (χ1n) is 4.64. The Morgan fingerprint density at radius 3 is 2.92 bits per heavy atom. The van der Waals surface area contributed by atoms with Crippen molar-refractivity contribution in [3.05, 3.63) is 0 Å². The fraction of sp³-hybridized carbons (Fsp3) is 0.700. The first-order valence-corrected chi connectivity index (χ1v) is 4.64. The van der Waals surface area contributed by atoms with Crippen LogP contribution in [-0.2, 0) is 0 Å². The van der Waals surface area contributed by atoms with Crippen LogP contribution in [0.25, 0.3) is 0 Å². The number of hydrogen-bond donors (Lipinski definition) is 2. The zero-order valence-corrected chi connectivity index (χ0v) is 7.84. The van der Waals surface area contributed by atoms with E-state index in [2.05, 4.69) is 17.2 Å². The third kappa shape index (κ3) is 3.37. The second-order valence-corrected chi connectivity index (χ2v) is 3.40. The Hall–Kier alpha value is -1.17. The minimum Gasteiger partial charge on any atom is -0.465 e. The smallest absolute Gasteiger partial charge is 0.404 e. The summed E-state index contributed by atoms with van der Waals surface area (Å²) in [5.41, 5.74) is 0. The lowest BCUT2D eigenvalue weighted by atomic mass is 9.86. The molecule has 0 aromatic heterocycles. The fourth-order valence-electron chi connectivity index (χ4n) is 1.83. The number of amides is 1. The van der Waals surface area contributed by atoms with E-state index >= 15 is 0 Å². The maximum atomic E-state index is 10.4. The number of rotatable bonds is 1. The van der Waals surface area contributed by atoms with Crippen molar-refractivity contribution in [1.29, 1.82) is 0 Å². The van der Waals surface area contributed by atoms with Gasteiger partial charge in [-0.3, -0.25) is 0 Å². The van der Waals surface area contributed by atoms with Crippen LogP contribution in [0.15, 0.2) is 0 Å². The van der Waals surface area contributed by atoms with Crippen molar-refractivity contribution in [2.24, 2.45) is 5.92 Å². The van der Waals surface area contributed by atoms with Crippen LogP contribution in [0.3, 0.4) is 0 Å². The molecule has 1 aliphatic rings. The van der Waals surface area contributed by atoms with Crippen molar-refractivity contribution in [2.45, 2.75) is 38.6 Å². The molecule has 0 aromatic rings. The molecular formula is C10H15NO2. The minimum atomic E-state index is -0.921. The van der Waals surface area contributed by atoms with Crippen LogP contribution in [0, 0.1) is 17.8 Å². The van der Waals surface area contributed by atoms with Crippen LogP contribution >= 0.6 is 0 Å². The Kier molecular flexibility index (Phi) is 3.63. The molecule has 3 heteroatoms. The first kappa shape index (κ1) is 9.91. The topological polar surface area (TPSA) is 49.3 Å². The SMILES string of the molecule is CC#CC1CCCC(NC(=O)O)C1. The van der Waals surface area contributed by atoms with Gasteiger partial charge in [0, 0.05) is 12.0 Å². The van der Waals surface area contributed by atoms with Crippen LogP contribution in [0.5, 0.6) is 0 Å². The average Bonchev–Trinajstić information content (AvgIpc) is 2.04. The van der Waals surface area contributed by atoms with E-state index in [-0.39, 0.29) is 6.04 Å². The zero-order chi connectivity index (χ0) is 9.68. The molecule has 3 nitrogen and oxygen atoms in total. The molecule has 2 atom stereocenters. The monoisotopic (exact) mass is 181 g/mol. The second-order valence-electron chi connectivity index (χ2n) is 3.40. The quantitative estimate of drug-likeness (QED) is 0.606. The van der Waals surface area contributed by atoms with Crippen molar-refractivity contribution in [2.75, 3.05) is 0 Å². The summed E-state index contributed by atoms with van der Waals surface area (Å²) < 4.78 is 0. The highest BCUT2D eigenvalue weighted by atomic mass is 16.4. The lowest BCUT2D eigenvalue weighted by Crippen LogP contribution is -2.37. The van der Waals surface area contributed by atoms with Gasteiger partial charge in [0.05, 0.1) is 0 Å². The van der Waals surface area contributed by atoms with Gasteiger partial charge < -0.3 is 10.4 Å². The Labute approximate surface area is 78.5 Å². The van der Waals surface area contributed by atoms with E-state index in [9.17, 15) is 4.79 Å². The molecule has 1 saturated carbocycles. The van der Waals surface area contributed by atoms with Gasteiger partial charge in [-0.25, -0.2) is 4.79 Å². The molecule has 1 rings (SSSR count). The Bertz CT molecular complexity index is 239. The fourth-order valence-corrected chi connectivity index (χ4v) is 1.83. The van der Waals surface area contributed by atoms with Gasteiger partial charge >= 0.3 is 6.09 Å². The van der Waals surface area contributed by atoms with Crippen LogP contribution in [0.1, 0.15) is 32.6 Å². The van der Waals surface area contributed by atoms with E-state index in [1.54, 1.807) is 0 Å². The molecule has 0 bridgehead atoms. The molecule has 1 aliphatic carbocycles. The molecule has 13 heavy (non-hydrogen) atoms. The van der Waals surface area contributed by atoms with Crippen molar-refractivity contribution in [3.63, 3.8) is 0 Å². The summed E-state index contributed by atoms with van der Waals surface area (Å²) >= 11 is 0. The second kappa shape index (κ2) is 4.76. The molecule has 1 fully saturated rings. The molecule has 1 amide bonds. The van der Waals surface area contributed by atoms with Gasteiger partial charge in [-0.1, -0.05) is 6.42 Å². The zero-order valence-electron chi connectivity index (χ0n) is 7.84. The predicted molar refractivity (Wildman–Crippen MR) is 50.4 cm³/mol. The van der Waals surface area contributed by atoms with Gasteiger partial charge in [-0.05, 0) is 26.2 Å². The molecule has 2 unspecified atom stereocenters. The van der Waals surface area contributed by atoms with Gasteiger partial charge in [0.2, 0.25) is 0 Å². The Morgan fingerprint density at radius 2 is 2.31 bits per heavy atom. The summed E-state index contributed by atoms with van der Waals surface area (Å²) in [5.74, 6) is 6.38. The third-order valence-electron chi connectivity index (χ3n) is 2.35. The van der Waals surface area contributed by atoms with Gasteiger partial charge in [0.25, 0.3) is 0 Å². The number of nitrogens with one attached hydrogen (secondary N) is 1. The molecule has 72 valence electrons. The van der Waals surface area contributed by atoms with Gasteiger partial charge in [-0.15, -0.1) is 11.8 Å². The van der Waals surface area contributed by atoms with E-state index < -0.39 is 6.09 Å². The molecular weight excluding hydrogens is 166 g/mol.